The number of likely N-dealkylation sites (tertiary alicyclic amines) is 1. The van der Waals surface area contributed by atoms with Crippen LogP contribution in [0.15, 0.2) is 67.3 Å². The number of methoxy groups -OCH3 is 1. The number of fused-ring (bicyclic) bond motifs is 1. The molecule has 5 unspecified atom stereocenters. The van der Waals surface area contributed by atoms with Gasteiger partial charge < -0.3 is 29.9 Å². The minimum absolute atomic E-state index is 0.0305. The first kappa shape index (κ1) is 43.9. The van der Waals surface area contributed by atoms with Crippen LogP contribution >= 0.6 is 0 Å². The van der Waals surface area contributed by atoms with Crippen LogP contribution in [0.1, 0.15) is 86.5 Å². The maximum atomic E-state index is 14.9. The van der Waals surface area contributed by atoms with Crippen molar-refractivity contribution < 1.29 is 37.1 Å². The van der Waals surface area contributed by atoms with Gasteiger partial charge in [0.15, 0.2) is 0 Å². The van der Waals surface area contributed by atoms with Gasteiger partial charge in [-0.2, -0.15) is 0 Å². The lowest BCUT2D eigenvalue weighted by Gasteiger charge is -2.38. The molecule has 7 rings (SSSR count). The number of aromatic nitrogens is 1. The van der Waals surface area contributed by atoms with Crippen molar-refractivity contribution in [3.8, 4) is 22.8 Å². The number of nitrogens with zero attached hydrogens (tertiary/aromatic N) is 3. The third kappa shape index (κ3) is 8.94. The number of sulfonamides is 1. The summed E-state index contributed by atoms with van der Waals surface area (Å²) in [6, 6.07) is 14.2. The van der Waals surface area contributed by atoms with Crippen molar-refractivity contribution in [2.24, 2.45) is 17.3 Å². The Labute approximate surface area is 359 Å². The number of amides is 5. The van der Waals surface area contributed by atoms with E-state index < -0.39 is 79.1 Å². The summed E-state index contributed by atoms with van der Waals surface area (Å²) >= 11 is 0. The third-order valence-electron chi connectivity index (χ3n) is 12.9. The van der Waals surface area contributed by atoms with E-state index in [9.17, 15) is 27.6 Å². The Morgan fingerprint density at radius 1 is 1.03 bits per heavy atom. The molecule has 61 heavy (non-hydrogen) atoms. The van der Waals surface area contributed by atoms with E-state index in [1.54, 1.807) is 20.2 Å². The molecule has 0 radical (unpaired) electrons. The van der Waals surface area contributed by atoms with Crippen molar-refractivity contribution in [3.63, 3.8) is 0 Å². The van der Waals surface area contributed by atoms with Crippen molar-refractivity contribution >= 4 is 44.7 Å². The molecule has 5 atom stereocenters. The fourth-order valence-corrected chi connectivity index (χ4v) is 10.0. The lowest BCUT2D eigenvalue weighted by molar-refractivity contribution is -0.142. The number of ether oxygens (including phenoxy) is 2. The summed E-state index contributed by atoms with van der Waals surface area (Å²) in [6.07, 6.45) is 4.46. The predicted molar refractivity (Wildman–Crippen MR) is 233 cm³/mol. The highest BCUT2D eigenvalue weighted by Crippen LogP contribution is 2.53. The third-order valence-corrected chi connectivity index (χ3v) is 15.1. The molecule has 1 saturated heterocycles. The van der Waals surface area contributed by atoms with Crippen LogP contribution in [0.25, 0.3) is 22.2 Å². The normalized spacial score (nSPS) is 23.7. The van der Waals surface area contributed by atoms with E-state index in [0.29, 0.717) is 53.3 Å². The summed E-state index contributed by atoms with van der Waals surface area (Å²) in [7, 11) is -0.799. The van der Waals surface area contributed by atoms with Crippen molar-refractivity contribution in [2.45, 2.75) is 121 Å². The molecule has 4 fully saturated rings. The number of hydrogen-bond donors (Lipinski definition) is 3. The van der Waals surface area contributed by atoms with E-state index in [1.807, 2.05) is 90.1 Å². The van der Waals surface area contributed by atoms with E-state index >= 15 is 0 Å². The zero-order valence-electron chi connectivity index (χ0n) is 36.5. The minimum Gasteiger partial charge on any atom is -0.497 e. The first-order chi connectivity index (χ1) is 28.6. The molecule has 0 spiro atoms. The molecule has 3 aliphatic carbocycles. The zero-order valence-corrected chi connectivity index (χ0v) is 37.4. The van der Waals surface area contributed by atoms with Crippen molar-refractivity contribution in [1.82, 2.24) is 30.1 Å². The number of hydrogen-bond acceptors (Lipinski definition) is 9. The molecule has 0 bridgehead atoms. The van der Waals surface area contributed by atoms with E-state index in [2.05, 4.69) is 21.9 Å². The van der Waals surface area contributed by atoms with E-state index in [0.717, 1.165) is 18.4 Å². The van der Waals surface area contributed by atoms with Gasteiger partial charge in [-0.25, -0.2) is 18.2 Å². The molecule has 1 aliphatic heterocycles. The van der Waals surface area contributed by atoms with Gasteiger partial charge in [-0.15, -0.1) is 6.58 Å². The van der Waals surface area contributed by atoms with Gasteiger partial charge in [0, 0.05) is 48.0 Å². The van der Waals surface area contributed by atoms with Gasteiger partial charge >= 0.3 is 6.03 Å². The Morgan fingerprint density at radius 3 is 2.30 bits per heavy atom. The highest BCUT2D eigenvalue weighted by Gasteiger charge is 2.64. The molecule has 3 N–H and O–H groups in total. The molecule has 2 aromatic carbocycles. The lowest BCUT2D eigenvalue weighted by atomic mass is 9.85. The molecule has 4 aliphatic rings. The van der Waals surface area contributed by atoms with E-state index in [1.165, 1.54) is 15.9 Å². The fourth-order valence-electron chi connectivity index (χ4n) is 8.28. The Hall–Kier alpha value is -5.18. The minimum atomic E-state index is -4.03. The van der Waals surface area contributed by atoms with Crippen LogP contribution in [0.2, 0.25) is 0 Å². The van der Waals surface area contributed by atoms with Crippen molar-refractivity contribution in [2.75, 3.05) is 20.7 Å². The quantitative estimate of drug-likeness (QED) is 0.166. The van der Waals surface area contributed by atoms with Gasteiger partial charge in [-0.3, -0.25) is 19.1 Å². The van der Waals surface area contributed by atoms with Crippen LogP contribution in [-0.2, 0) is 24.4 Å². The standard InChI is InChI=1S/C46H60N6O8S/c1-10-30-26-46(30,41(55)50-61(57,58)45(20-21-45)25-28-16-17-28)49-39(53)36-23-32(27-52(36)40(54)38(43(2,3)4)48-42(56)51(8)44(5,6)7)60-37-24-34(29-14-12-11-13-15-29)47-35-22-31(59-9)18-19-33(35)37/h10-15,18-19,22,24,28,30,32,36,38H,1,16-17,20-21,23,25-27H2,2-9H3,(H,48,56)(H,49,53)(H,50,55). The number of nitrogens with one attached hydrogen (secondary N) is 3. The van der Waals surface area contributed by atoms with Crippen molar-refractivity contribution in [1.29, 1.82) is 0 Å². The van der Waals surface area contributed by atoms with Gasteiger partial charge in [0.1, 0.15) is 35.2 Å². The molecule has 1 aromatic heterocycles. The van der Waals surface area contributed by atoms with Gasteiger partial charge in [0.05, 0.1) is 29.6 Å². The first-order valence-corrected chi connectivity index (χ1v) is 22.7. The molecule has 3 saturated carbocycles. The summed E-state index contributed by atoms with van der Waals surface area (Å²) in [6.45, 7) is 15.0. The fraction of sp³-hybridized carbons (Fsp3) is 0.543. The molecular formula is C46H60N6O8S. The molecule has 2 heterocycles. The topological polar surface area (TPSA) is 176 Å². The van der Waals surface area contributed by atoms with Crippen LogP contribution in [-0.4, -0.2) is 102 Å². The van der Waals surface area contributed by atoms with Gasteiger partial charge in [0.2, 0.25) is 21.8 Å². The number of pyridine rings is 1. The number of benzene rings is 2. The van der Waals surface area contributed by atoms with E-state index in [4.69, 9.17) is 14.5 Å². The molecule has 3 aromatic rings. The van der Waals surface area contributed by atoms with E-state index in [-0.39, 0.29) is 19.4 Å². The Kier molecular flexibility index (Phi) is 11.5. The highest BCUT2D eigenvalue weighted by molar-refractivity contribution is 7.91. The average molecular weight is 857 g/mol. The van der Waals surface area contributed by atoms with Crippen molar-refractivity contribution in [3.05, 3.63) is 67.3 Å². The maximum absolute atomic E-state index is 14.9. The van der Waals surface area contributed by atoms with Crippen LogP contribution in [0, 0.1) is 17.3 Å². The number of carbonyl (C=O) groups excluding carboxylic acids is 4. The van der Waals surface area contributed by atoms with Crippen LogP contribution in [0.3, 0.4) is 0 Å². The van der Waals surface area contributed by atoms with Gasteiger partial charge in [-0.05, 0) is 69.9 Å². The zero-order chi connectivity index (χ0) is 44.3. The predicted octanol–water partition coefficient (Wildman–Crippen LogP) is 5.95. The molecule has 328 valence electrons. The second-order valence-electron chi connectivity index (χ2n) is 19.5. The van der Waals surface area contributed by atoms with Crippen LogP contribution < -0.4 is 24.8 Å². The SMILES string of the molecule is C=CC1CC1(NC(=O)C1CC(Oc2cc(-c3ccccc3)nc3cc(OC)ccc23)CN1C(=O)C(NC(=O)N(C)C(C)(C)C)C(C)(C)C)C(=O)NS(=O)(=O)C1(CC2CC2)CC1. The highest BCUT2D eigenvalue weighted by atomic mass is 32.2. The number of urea groups is 1. The lowest BCUT2D eigenvalue weighted by Crippen LogP contribution is -2.62. The van der Waals surface area contributed by atoms with Crippen LogP contribution in [0.5, 0.6) is 11.5 Å². The largest absolute Gasteiger partial charge is 0.497 e. The summed E-state index contributed by atoms with van der Waals surface area (Å²) < 4.78 is 41.0. The average Bonchev–Trinajstić information content (AvgIpc) is 4.16. The van der Waals surface area contributed by atoms with Gasteiger partial charge in [-0.1, -0.05) is 70.0 Å². The Morgan fingerprint density at radius 2 is 1.72 bits per heavy atom. The summed E-state index contributed by atoms with van der Waals surface area (Å²) in [4.78, 5) is 65.2. The van der Waals surface area contributed by atoms with Gasteiger partial charge in [0.25, 0.3) is 5.91 Å². The molecular weight excluding hydrogens is 797 g/mol. The monoisotopic (exact) mass is 856 g/mol. The molecule has 15 heteroatoms. The maximum Gasteiger partial charge on any atom is 0.318 e. The molecule has 14 nitrogen and oxygen atoms in total. The smallest absolute Gasteiger partial charge is 0.318 e. The first-order valence-electron chi connectivity index (χ1n) is 21.2. The number of rotatable bonds is 14. The Bertz CT molecular complexity index is 2330. The summed E-state index contributed by atoms with van der Waals surface area (Å²) in [5.41, 5.74) is -0.804. The van der Waals surface area contributed by atoms with Crippen LogP contribution in [0.4, 0.5) is 4.79 Å². The summed E-state index contributed by atoms with van der Waals surface area (Å²) in [5, 5.41) is 6.53. The molecule has 5 amide bonds. The summed E-state index contributed by atoms with van der Waals surface area (Å²) in [5.74, 6) is -1.06. The number of carbonyl (C=O) groups is 4. The second-order valence-corrected chi connectivity index (χ2v) is 21.6. The second kappa shape index (κ2) is 15.9. The Balaban J connectivity index is 1.21.